The van der Waals surface area contributed by atoms with Crippen molar-refractivity contribution in [1.82, 2.24) is 10.6 Å². The van der Waals surface area contributed by atoms with Gasteiger partial charge in [-0.2, -0.15) is 0 Å². The summed E-state index contributed by atoms with van der Waals surface area (Å²) in [6.45, 7) is 10.6. The number of nitrogens with one attached hydrogen (secondary N) is 2. The number of para-hydroxylation sites is 4. The standard InChI is InChI=1S/C17H25N3O.C17H25N3/c1-13-11-20(12-14(2)21-13)16-8-4-3-7-15(16)19-17-9-5-6-10-18-17;1-2-8-14-20(13-7-1)16-10-4-3-9-15(16)19-17-11-5-6-12-18-17/h3-4,7-8,13-14H,5-6,9-12H2,1-2H3,(H,18,19);3-4,9-10H,1-2,5-8,11-14H2,(H,18,19). The number of hydrogen-bond donors (Lipinski definition) is 2. The third-order valence-electron chi connectivity index (χ3n) is 8.32. The Morgan fingerprint density at radius 2 is 1.10 bits per heavy atom. The van der Waals surface area contributed by atoms with Crippen LogP contribution in [0, 0.1) is 0 Å². The second-order valence-electron chi connectivity index (χ2n) is 11.9. The average molecular weight is 559 g/mol. The zero-order valence-electron chi connectivity index (χ0n) is 25.3. The first-order valence-corrected chi connectivity index (χ1v) is 16.1. The summed E-state index contributed by atoms with van der Waals surface area (Å²) in [5.74, 6) is 2.29. The van der Waals surface area contributed by atoms with E-state index in [1.54, 1.807) is 0 Å². The Labute approximate surface area is 247 Å². The Hall–Kier alpha value is -3.06. The van der Waals surface area contributed by atoms with Crippen LogP contribution >= 0.6 is 0 Å². The number of rotatable bonds is 4. The maximum absolute atomic E-state index is 5.84. The molecule has 222 valence electrons. The van der Waals surface area contributed by atoms with Gasteiger partial charge in [0, 0.05) is 52.1 Å². The highest BCUT2D eigenvalue weighted by atomic mass is 16.5. The fourth-order valence-corrected chi connectivity index (χ4v) is 6.30. The lowest BCUT2D eigenvalue weighted by molar-refractivity contribution is -0.00517. The predicted octanol–water partition coefficient (Wildman–Crippen LogP) is 6.97. The fourth-order valence-electron chi connectivity index (χ4n) is 6.30. The van der Waals surface area contributed by atoms with E-state index in [0.717, 1.165) is 56.2 Å². The highest BCUT2D eigenvalue weighted by Crippen LogP contribution is 2.32. The fraction of sp³-hybridized carbons (Fsp3) is 0.588. The third-order valence-corrected chi connectivity index (χ3v) is 8.32. The van der Waals surface area contributed by atoms with Crippen LogP contribution in [0.25, 0.3) is 0 Å². The third kappa shape index (κ3) is 8.71. The first kappa shape index (κ1) is 29.4. The molecule has 4 aliphatic rings. The van der Waals surface area contributed by atoms with Crippen LogP contribution < -0.4 is 20.4 Å². The molecular formula is C34H50N6O. The number of amidine groups is 2. The van der Waals surface area contributed by atoms with E-state index in [4.69, 9.17) is 14.7 Å². The molecule has 7 heteroatoms. The molecule has 4 heterocycles. The lowest BCUT2D eigenvalue weighted by Crippen LogP contribution is -2.45. The van der Waals surface area contributed by atoms with Crippen molar-refractivity contribution in [1.29, 1.82) is 0 Å². The molecular weight excluding hydrogens is 508 g/mol. The number of morpholine rings is 1. The summed E-state index contributed by atoms with van der Waals surface area (Å²) in [5, 5.41) is 6.86. The largest absolute Gasteiger partial charge is 0.374 e. The van der Waals surface area contributed by atoms with Crippen LogP contribution in [-0.4, -0.2) is 63.1 Å². The van der Waals surface area contributed by atoms with E-state index in [1.807, 2.05) is 0 Å². The quantitative estimate of drug-likeness (QED) is 0.424. The van der Waals surface area contributed by atoms with Crippen LogP contribution in [0.15, 0.2) is 58.5 Å². The maximum atomic E-state index is 5.84. The minimum absolute atomic E-state index is 0.266. The van der Waals surface area contributed by atoms with Gasteiger partial charge in [0.15, 0.2) is 0 Å². The van der Waals surface area contributed by atoms with Crippen LogP contribution in [0.1, 0.15) is 78.1 Å². The number of anilines is 2. The van der Waals surface area contributed by atoms with Crippen molar-refractivity contribution in [2.75, 3.05) is 49.1 Å². The lowest BCUT2D eigenvalue weighted by Gasteiger charge is -2.37. The molecule has 2 atom stereocenters. The molecule has 4 aliphatic heterocycles. The van der Waals surface area contributed by atoms with E-state index < -0.39 is 0 Å². The second kappa shape index (κ2) is 15.2. The van der Waals surface area contributed by atoms with Crippen LogP contribution in [0.4, 0.5) is 22.7 Å². The van der Waals surface area contributed by atoms with Gasteiger partial charge in [-0.25, -0.2) is 9.98 Å². The Bertz CT molecular complexity index is 1130. The van der Waals surface area contributed by atoms with E-state index in [-0.39, 0.29) is 12.2 Å². The molecule has 0 aliphatic carbocycles. The molecule has 7 nitrogen and oxygen atoms in total. The Morgan fingerprint density at radius 1 is 0.610 bits per heavy atom. The minimum atomic E-state index is 0.266. The molecule has 2 N–H and O–H groups in total. The summed E-state index contributed by atoms with van der Waals surface area (Å²) >= 11 is 0. The van der Waals surface area contributed by atoms with E-state index >= 15 is 0 Å². The summed E-state index contributed by atoms with van der Waals surface area (Å²) in [7, 11) is 0. The lowest BCUT2D eigenvalue weighted by atomic mass is 10.1. The molecule has 4 saturated heterocycles. The molecule has 0 aromatic heterocycles. The van der Waals surface area contributed by atoms with Crippen molar-refractivity contribution >= 4 is 34.4 Å². The summed E-state index contributed by atoms with van der Waals surface area (Å²) < 4.78 is 5.84. The smallest absolute Gasteiger partial charge is 0.102 e. The van der Waals surface area contributed by atoms with Gasteiger partial charge in [0.05, 0.1) is 35.0 Å². The van der Waals surface area contributed by atoms with Crippen molar-refractivity contribution in [3.05, 3.63) is 48.5 Å². The highest BCUT2D eigenvalue weighted by molar-refractivity contribution is 5.88. The van der Waals surface area contributed by atoms with Gasteiger partial charge < -0.3 is 25.2 Å². The van der Waals surface area contributed by atoms with E-state index in [0.29, 0.717) is 0 Å². The normalized spacial score (nSPS) is 25.5. The molecule has 6 rings (SSSR count). The zero-order chi connectivity index (χ0) is 28.3. The van der Waals surface area contributed by atoms with Crippen molar-refractivity contribution in [3.63, 3.8) is 0 Å². The van der Waals surface area contributed by atoms with Gasteiger partial charge in [0.2, 0.25) is 0 Å². The van der Waals surface area contributed by atoms with E-state index in [2.05, 4.69) is 82.8 Å². The van der Waals surface area contributed by atoms with Crippen LogP contribution in [0.5, 0.6) is 0 Å². The Balaban J connectivity index is 0.000000165. The Kier molecular flexibility index (Phi) is 10.9. The summed E-state index contributed by atoms with van der Waals surface area (Å²) in [4.78, 5) is 14.7. The molecule has 0 spiro atoms. The minimum Gasteiger partial charge on any atom is -0.374 e. The van der Waals surface area contributed by atoms with Crippen LogP contribution in [0.2, 0.25) is 0 Å². The van der Waals surface area contributed by atoms with Crippen molar-refractivity contribution < 1.29 is 4.74 Å². The van der Waals surface area contributed by atoms with Gasteiger partial charge >= 0.3 is 0 Å². The predicted molar refractivity (Wildman–Crippen MR) is 174 cm³/mol. The topological polar surface area (TPSA) is 64.5 Å². The molecule has 2 unspecified atom stereocenters. The van der Waals surface area contributed by atoms with Gasteiger partial charge in [0.25, 0.3) is 0 Å². The van der Waals surface area contributed by atoms with Crippen molar-refractivity contribution in [3.8, 4) is 0 Å². The summed E-state index contributed by atoms with van der Waals surface area (Å²) in [5.41, 5.74) is 4.75. The number of piperidine rings is 2. The van der Waals surface area contributed by atoms with Crippen molar-refractivity contribution in [2.24, 2.45) is 9.98 Å². The second-order valence-corrected chi connectivity index (χ2v) is 11.9. The van der Waals surface area contributed by atoms with Gasteiger partial charge in [-0.15, -0.1) is 0 Å². The molecule has 4 fully saturated rings. The summed E-state index contributed by atoms with van der Waals surface area (Å²) in [6.07, 6.45) is 13.1. The first-order chi connectivity index (χ1) is 20.2. The van der Waals surface area contributed by atoms with Gasteiger partial charge in [-0.3, -0.25) is 0 Å². The SMILES string of the molecule is CC1CN(c2ccccc2N=C2CCCCN2)CC(C)O1.c1ccc(N2CCCCCC2)c(N=C2CCCCN2)c1. The maximum Gasteiger partial charge on any atom is 0.102 e. The van der Waals surface area contributed by atoms with Gasteiger partial charge in [0.1, 0.15) is 11.7 Å². The van der Waals surface area contributed by atoms with E-state index in [9.17, 15) is 0 Å². The average Bonchev–Trinajstić information content (AvgIpc) is 3.28. The van der Waals surface area contributed by atoms with Crippen molar-refractivity contribution in [2.45, 2.75) is 90.3 Å². The highest BCUT2D eigenvalue weighted by Gasteiger charge is 2.24. The number of benzene rings is 2. The molecule has 41 heavy (non-hydrogen) atoms. The number of ether oxygens (including phenoxy) is 1. The molecule has 2 aromatic carbocycles. The molecule has 2 aromatic rings. The zero-order valence-corrected chi connectivity index (χ0v) is 25.3. The number of nitrogens with zero attached hydrogens (tertiary/aromatic N) is 4. The van der Waals surface area contributed by atoms with Gasteiger partial charge in [-0.1, -0.05) is 37.1 Å². The van der Waals surface area contributed by atoms with E-state index in [1.165, 1.54) is 81.7 Å². The molecule has 0 bridgehead atoms. The molecule has 0 radical (unpaired) electrons. The van der Waals surface area contributed by atoms with Crippen LogP contribution in [-0.2, 0) is 4.74 Å². The monoisotopic (exact) mass is 558 g/mol. The molecule has 0 saturated carbocycles. The number of aliphatic imine (C=N–C) groups is 2. The van der Waals surface area contributed by atoms with Gasteiger partial charge in [-0.05, 0) is 76.6 Å². The molecule has 0 amide bonds. The number of hydrogen-bond acceptors (Lipinski definition) is 5. The van der Waals surface area contributed by atoms with Crippen LogP contribution in [0.3, 0.4) is 0 Å². The summed E-state index contributed by atoms with van der Waals surface area (Å²) in [6, 6.07) is 17.1. The first-order valence-electron chi connectivity index (χ1n) is 16.1. The Morgan fingerprint density at radius 3 is 1.59 bits per heavy atom.